The summed E-state index contributed by atoms with van der Waals surface area (Å²) < 4.78 is 20.7. The average Bonchev–Trinajstić information content (AvgIpc) is 3.39. The fourth-order valence-corrected chi connectivity index (χ4v) is 8.48. The molecule has 0 N–H and O–H groups in total. The van der Waals surface area contributed by atoms with E-state index in [1.807, 2.05) is 0 Å². The minimum atomic E-state index is -1.85. The molecule has 0 aromatic rings. The van der Waals surface area contributed by atoms with E-state index in [0.717, 1.165) is 25.7 Å². The van der Waals surface area contributed by atoms with Crippen molar-refractivity contribution in [3.63, 3.8) is 0 Å². The molecule has 0 atom stereocenters. The highest BCUT2D eigenvalue weighted by Gasteiger charge is 2.18. The van der Waals surface area contributed by atoms with Crippen LogP contribution in [0.25, 0.3) is 0 Å². The fourth-order valence-electron chi connectivity index (χ4n) is 7.85. The summed E-state index contributed by atoms with van der Waals surface area (Å²) in [6, 6.07) is 0. The van der Waals surface area contributed by atoms with E-state index in [9.17, 15) is 4.57 Å². The van der Waals surface area contributed by atoms with Crippen molar-refractivity contribution in [3.8, 4) is 0 Å². The Morgan fingerprint density at radius 2 is 0.264 bits per heavy atom. The van der Waals surface area contributed by atoms with E-state index in [0.29, 0.717) is 13.2 Å². The Hall–Kier alpha value is 0.0200. The summed E-state index contributed by atoms with van der Waals surface area (Å²) in [5.41, 5.74) is 0. The molecule has 0 heterocycles. The maximum Gasteiger partial charge on any atom is 0.697 e. The molecule has 0 aliphatic heterocycles. The van der Waals surface area contributed by atoms with Crippen molar-refractivity contribution in [2.24, 2.45) is 0 Å². The molecule has 0 unspecified atom stereocenters. The summed E-state index contributed by atoms with van der Waals surface area (Å²) in [5.74, 6) is 0. The first-order chi connectivity index (χ1) is 35.3. The Labute approximate surface area is 463 Å². The van der Waals surface area contributed by atoms with Crippen LogP contribution in [-0.2, 0) is 13.6 Å². The summed E-state index contributed by atoms with van der Waals surface area (Å²) >= 11 is 0. The van der Waals surface area contributed by atoms with Gasteiger partial charge in [-0.15, -0.1) is 9.05 Å². The summed E-state index contributed by atoms with van der Waals surface area (Å²) in [4.78, 5) is 0. The smallest absolute Gasteiger partial charge is 0.119 e. The van der Waals surface area contributed by atoms with Crippen molar-refractivity contribution < 1.29 is 13.6 Å². The Kier molecular flexibility index (Phi) is 119. The number of hydrogen-bond donors (Lipinski definition) is 0. The molecular formula is C68H150O3P+. The number of unbranched alkanes of at least 4 members (excludes halogenated alkanes) is 44. The van der Waals surface area contributed by atoms with Crippen molar-refractivity contribution in [2.45, 2.75) is 431 Å². The highest BCUT2D eigenvalue weighted by Crippen LogP contribution is 2.24. The van der Waals surface area contributed by atoms with Crippen LogP contribution in [0.5, 0.6) is 0 Å². The molecule has 0 aliphatic rings. The van der Waals surface area contributed by atoms with E-state index in [4.69, 9.17) is 9.05 Å². The normalized spacial score (nSPS) is 10.2. The van der Waals surface area contributed by atoms with Gasteiger partial charge in [0, 0.05) is 4.57 Å². The van der Waals surface area contributed by atoms with Crippen LogP contribution < -0.4 is 0 Å². The van der Waals surface area contributed by atoms with Gasteiger partial charge in [-0.1, -0.05) is 418 Å². The lowest BCUT2D eigenvalue weighted by Crippen LogP contribution is -1.90. The molecule has 0 fully saturated rings. The van der Waals surface area contributed by atoms with Crippen LogP contribution in [0.15, 0.2) is 0 Å². The number of hydrogen-bond acceptors (Lipinski definition) is 3. The maximum atomic E-state index is 10.9. The molecule has 0 bridgehead atoms. The van der Waals surface area contributed by atoms with Crippen molar-refractivity contribution in [1.82, 2.24) is 0 Å². The van der Waals surface area contributed by atoms with Gasteiger partial charge in [-0.3, -0.25) is 0 Å². The summed E-state index contributed by atoms with van der Waals surface area (Å²) in [6.45, 7) is 32.4. The first kappa shape index (κ1) is 85.9. The van der Waals surface area contributed by atoms with Crippen molar-refractivity contribution in [2.75, 3.05) is 13.2 Å². The third-order valence-electron chi connectivity index (χ3n) is 13.1. The SMILES string of the molecule is CCCCCCCCCC.CCCCCCCCCC.CCCCCCCCCC.CCCCCCCCCC.CCCCCCCCCC.CCCCCCCCCC.CCCCO[P+](=O)OCCCC. The van der Waals surface area contributed by atoms with E-state index in [1.165, 1.54) is 308 Å². The second kappa shape index (κ2) is 100.0. The second-order valence-electron chi connectivity index (χ2n) is 21.3. The Morgan fingerprint density at radius 3 is 0.361 bits per heavy atom. The van der Waals surface area contributed by atoms with Gasteiger partial charge in [0.1, 0.15) is 13.2 Å². The molecule has 4 heteroatoms. The van der Waals surface area contributed by atoms with Gasteiger partial charge < -0.3 is 0 Å². The zero-order valence-corrected chi connectivity index (χ0v) is 54.8. The third-order valence-corrected chi connectivity index (χ3v) is 13.9. The van der Waals surface area contributed by atoms with Crippen LogP contribution in [0.3, 0.4) is 0 Å². The lowest BCUT2D eigenvalue weighted by molar-refractivity contribution is 0.221. The molecule has 72 heavy (non-hydrogen) atoms. The summed E-state index contributed by atoms with van der Waals surface area (Å²) in [5, 5.41) is 0. The Bertz CT molecular complexity index is 576. The standard InChI is InChI=1S/6C10H22.C8H18O3P/c6*1-3-5-7-9-10-8-6-4-2;1-3-5-7-10-12(9)11-8-6-4-2/h6*3-10H2,1-2H3;3-8H2,1-2H3/q;;;;;;+1. The molecular weight excluding hydrogens is 896 g/mol. The summed E-state index contributed by atoms with van der Waals surface area (Å²) in [6.07, 6.45) is 72.8. The average molecular weight is 1050 g/mol. The van der Waals surface area contributed by atoms with E-state index in [1.54, 1.807) is 0 Å². The van der Waals surface area contributed by atoms with Crippen molar-refractivity contribution in [1.29, 1.82) is 0 Å². The van der Waals surface area contributed by atoms with E-state index < -0.39 is 8.25 Å². The first-order valence-corrected chi connectivity index (χ1v) is 35.1. The van der Waals surface area contributed by atoms with Crippen LogP contribution in [0, 0.1) is 0 Å². The van der Waals surface area contributed by atoms with Gasteiger partial charge in [0.15, 0.2) is 0 Å². The monoisotopic (exact) mass is 1050 g/mol. The molecule has 0 aromatic heterocycles. The molecule has 444 valence electrons. The van der Waals surface area contributed by atoms with Gasteiger partial charge in [-0.2, -0.15) is 0 Å². The van der Waals surface area contributed by atoms with Crippen LogP contribution in [-0.4, -0.2) is 13.2 Å². The molecule has 0 aliphatic carbocycles. The molecule has 0 rings (SSSR count). The highest BCUT2D eigenvalue weighted by molar-refractivity contribution is 7.33. The minimum Gasteiger partial charge on any atom is -0.119 e. The van der Waals surface area contributed by atoms with Crippen molar-refractivity contribution >= 4 is 8.25 Å². The van der Waals surface area contributed by atoms with Crippen LogP contribution in [0.4, 0.5) is 0 Å². The fraction of sp³-hybridized carbons (Fsp3) is 1.00. The summed E-state index contributed by atoms with van der Waals surface area (Å²) in [7, 11) is -1.85. The molecule has 0 saturated carbocycles. The molecule has 0 radical (unpaired) electrons. The highest BCUT2D eigenvalue weighted by atomic mass is 31.1. The largest absolute Gasteiger partial charge is 0.697 e. The second-order valence-corrected chi connectivity index (χ2v) is 22.3. The zero-order valence-electron chi connectivity index (χ0n) is 53.9. The Balaban J connectivity index is -0.000000137. The molecule has 3 nitrogen and oxygen atoms in total. The van der Waals surface area contributed by atoms with Gasteiger partial charge in [0.25, 0.3) is 0 Å². The quantitative estimate of drug-likeness (QED) is 0.0450. The maximum absolute atomic E-state index is 10.9. The number of rotatable bonds is 50. The van der Waals surface area contributed by atoms with Crippen LogP contribution in [0.2, 0.25) is 0 Å². The van der Waals surface area contributed by atoms with Gasteiger partial charge in [-0.25, -0.2) is 0 Å². The van der Waals surface area contributed by atoms with Gasteiger partial charge in [-0.05, 0) is 12.8 Å². The first-order valence-electron chi connectivity index (χ1n) is 34.0. The predicted octanol–water partition coefficient (Wildman–Crippen LogP) is 28.2. The lowest BCUT2D eigenvalue weighted by Gasteiger charge is -1.97. The minimum absolute atomic E-state index is 0.540. The third kappa shape index (κ3) is 123. The lowest BCUT2D eigenvalue weighted by atomic mass is 10.1. The predicted molar refractivity (Wildman–Crippen MR) is 339 cm³/mol. The van der Waals surface area contributed by atoms with Crippen molar-refractivity contribution in [3.05, 3.63) is 0 Å². The van der Waals surface area contributed by atoms with Gasteiger partial charge in [0.2, 0.25) is 0 Å². The molecule has 0 spiro atoms. The van der Waals surface area contributed by atoms with Gasteiger partial charge in [0.05, 0.1) is 0 Å². The van der Waals surface area contributed by atoms with Gasteiger partial charge >= 0.3 is 8.25 Å². The molecule has 0 amide bonds. The molecule has 0 aromatic carbocycles. The van der Waals surface area contributed by atoms with Crippen LogP contribution >= 0.6 is 8.25 Å². The van der Waals surface area contributed by atoms with E-state index in [-0.39, 0.29) is 0 Å². The van der Waals surface area contributed by atoms with E-state index in [2.05, 4.69) is 96.9 Å². The van der Waals surface area contributed by atoms with E-state index >= 15 is 0 Å². The topological polar surface area (TPSA) is 35.5 Å². The Morgan fingerprint density at radius 1 is 0.167 bits per heavy atom. The zero-order chi connectivity index (χ0) is 55.2. The molecule has 0 saturated heterocycles. The van der Waals surface area contributed by atoms with Crippen LogP contribution in [0.1, 0.15) is 431 Å².